The molecule has 2 rings (SSSR count). The molecule has 2 amide bonds. The lowest BCUT2D eigenvalue weighted by Gasteiger charge is -2.10. The molecule has 0 aliphatic heterocycles. The maximum Gasteiger partial charge on any atom is 0.314 e. The highest BCUT2D eigenvalue weighted by Gasteiger charge is 2.03. The highest BCUT2D eigenvalue weighted by molar-refractivity contribution is 6.30. The van der Waals surface area contributed by atoms with E-state index in [1.807, 2.05) is 36.4 Å². The Kier molecular flexibility index (Phi) is 7.23. The van der Waals surface area contributed by atoms with Gasteiger partial charge in [0.2, 0.25) is 0 Å². The van der Waals surface area contributed by atoms with E-state index in [1.54, 1.807) is 19.2 Å². The number of methoxy groups -OCH3 is 1. The summed E-state index contributed by atoms with van der Waals surface area (Å²) in [5.74, 6) is 1.51. The number of halogens is 1. The molecule has 0 spiro atoms. The average Bonchev–Trinajstić information content (AvgIpc) is 2.59. The quantitative estimate of drug-likeness (QED) is 0.720. The zero-order valence-electron chi connectivity index (χ0n) is 13.5. The van der Waals surface area contributed by atoms with Gasteiger partial charge in [-0.15, -0.1) is 0 Å². The highest BCUT2D eigenvalue weighted by atomic mass is 35.5. The molecule has 0 radical (unpaired) electrons. The molecule has 2 aromatic carbocycles. The number of urea groups is 1. The number of nitrogens with one attached hydrogen (secondary N) is 2. The summed E-state index contributed by atoms with van der Waals surface area (Å²) in [6.45, 7) is 1.31. The van der Waals surface area contributed by atoms with Gasteiger partial charge in [-0.05, 0) is 36.2 Å². The first kappa shape index (κ1) is 17.9. The highest BCUT2D eigenvalue weighted by Crippen LogP contribution is 2.17. The van der Waals surface area contributed by atoms with E-state index in [0.717, 1.165) is 11.3 Å². The van der Waals surface area contributed by atoms with Crippen LogP contribution in [0.1, 0.15) is 5.56 Å². The van der Waals surface area contributed by atoms with E-state index in [-0.39, 0.29) is 6.03 Å². The summed E-state index contributed by atoms with van der Waals surface area (Å²) in [4.78, 5) is 11.7. The predicted octanol–water partition coefficient (Wildman–Crippen LogP) is 3.27. The summed E-state index contributed by atoms with van der Waals surface area (Å²) in [6.07, 6.45) is 0.705. The second-order valence-electron chi connectivity index (χ2n) is 5.05. The predicted molar refractivity (Wildman–Crippen MR) is 95.0 cm³/mol. The molecule has 0 unspecified atom stereocenters. The minimum absolute atomic E-state index is 0.223. The van der Waals surface area contributed by atoms with Gasteiger partial charge in [0.05, 0.1) is 13.7 Å². The smallest absolute Gasteiger partial charge is 0.314 e. The van der Waals surface area contributed by atoms with Crippen LogP contribution < -0.4 is 20.1 Å². The third-order valence-corrected chi connectivity index (χ3v) is 3.56. The number of hydrogen-bond donors (Lipinski definition) is 2. The number of hydrogen-bond acceptors (Lipinski definition) is 3. The fourth-order valence-electron chi connectivity index (χ4n) is 2.17. The topological polar surface area (TPSA) is 59.6 Å². The maximum absolute atomic E-state index is 11.7. The van der Waals surface area contributed by atoms with Crippen LogP contribution in [0.5, 0.6) is 11.5 Å². The average molecular weight is 349 g/mol. The Labute approximate surface area is 146 Å². The fraction of sp³-hybridized carbons (Fsp3) is 0.278. The molecule has 24 heavy (non-hydrogen) atoms. The first-order valence-corrected chi connectivity index (χ1v) is 8.09. The van der Waals surface area contributed by atoms with Crippen LogP contribution in [0.15, 0.2) is 48.5 Å². The van der Waals surface area contributed by atoms with E-state index in [9.17, 15) is 4.79 Å². The molecule has 0 aliphatic rings. The SMILES string of the molecule is COc1ccccc1CCNC(=O)NCCOc1cccc(Cl)c1. The fourth-order valence-corrected chi connectivity index (χ4v) is 2.35. The Morgan fingerprint density at radius 3 is 2.67 bits per heavy atom. The van der Waals surface area contributed by atoms with Gasteiger partial charge in [0.1, 0.15) is 18.1 Å². The molecule has 0 aromatic heterocycles. The van der Waals surface area contributed by atoms with E-state index in [4.69, 9.17) is 21.1 Å². The summed E-state index contributed by atoms with van der Waals surface area (Å²) >= 11 is 5.87. The summed E-state index contributed by atoms with van der Waals surface area (Å²) in [7, 11) is 1.64. The molecule has 0 bridgehead atoms. The molecule has 2 N–H and O–H groups in total. The van der Waals surface area contributed by atoms with Crippen molar-refractivity contribution in [3.05, 3.63) is 59.1 Å². The van der Waals surface area contributed by atoms with Gasteiger partial charge in [-0.25, -0.2) is 4.79 Å². The normalized spacial score (nSPS) is 10.1. The van der Waals surface area contributed by atoms with Crippen molar-refractivity contribution in [3.8, 4) is 11.5 Å². The molecule has 5 nitrogen and oxygen atoms in total. The molecule has 0 saturated carbocycles. The van der Waals surface area contributed by atoms with Crippen molar-refractivity contribution in [2.75, 3.05) is 26.8 Å². The zero-order chi connectivity index (χ0) is 17.2. The van der Waals surface area contributed by atoms with Crippen LogP contribution in [-0.4, -0.2) is 32.8 Å². The van der Waals surface area contributed by atoms with Gasteiger partial charge >= 0.3 is 6.03 Å². The molecule has 2 aromatic rings. The lowest BCUT2D eigenvalue weighted by molar-refractivity contribution is 0.236. The van der Waals surface area contributed by atoms with Gasteiger partial charge in [-0.1, -0.05) is 35.9 Å². The maximum atomic E-state index is 11.7. The van der Waals surface area contributed by atoms with Crippen molar-refractivity contribution >= 4 is 17.6 Å². The molecule has 0 atom stereocenters. The second-order valence-corrected chi connectivity index (χ2v) is 5.49. The van der Waals surface area contributed by atoms with Gasteiger partial charge in [0.25, 0.3) is 0 Å². The Morgan fingerprint density at radius 2 is 1.88 bits per heavy atom. The van der Waals surface area contributed by atoms with Crippen LogP contribution in [0.2, 0.25) is 5.02 Å². The molecule has 0 heterocycles. The van der Waals surface area contributed by atoms with Crippen molar-refractivity contribution in [2.45, 2.75) is 6.42 Å². The second kappa shape index (κ2) is 9.67. The summed E-state index contributed by atoms with van der Waals surface area (Å²) in [5.41, 5.74) is 1.06. The lowest BCUT2D eigenvalue weighted by Crippen LogP contribution is -2.38. The Balaban J connectivity index is 1.61. The lowest BCUT2D eigenvalue weighted by atomic mass is 10.1. The van der Waals surface area contributed by atoms with E-state index in [0.29, 0.717) is 36.9 Å². The molecule has 0 fully saturated rings. The minimum atomic E-state index is -0.223. The summed E-state index contributed by atoms with van der Waals surface area (Å²) < 4.78 is 10.8. The van der Waals surface area contributed by atoms with Gasteiger partial charge in [0.15, 0.2) is 0 Å². The van der Waals surface area contributed by atoms with Crippen LogP contribution in [0.3, 0.4) is 0 Å². The van der Waals surface area contributed by atoms with E-state index < -0.39 is 0 Å². The first-order valence-electron chi connectivity index (χ1n) is 7.71. The largest absolute Gasteiger partial charge is 0.496 e. The molecular formula is C18H21ClN2O3. The van der Waals surface area contributed by atoms with Crippen LogP contribution in [0.4, 0.5) is 4.79 Å². The number of amides is 2. The number of benzene rings is 2. The molecule has 0 saturated heterocycles. The van der Waals surface area contributed by atoms with Crippen molar-refractivity contribution < 1.29 is 14.3 Å². The van der Waals surface area contributed by atoms with Gasteiger partial charge in [0, 0.05) is 11.6 Å². The standard InChI is InChI=1S/C18H21ClN2O3/c1-23-17-8-3-2-5-14(17)9-10-20-18(22)21-11-12-24-16-7-4-6-15(19)13-16/h2-8,13H,9-12H2,1H3,(H2,20,21,22). The van der Waals surface area contributed by atoms with E-state index in [1.165, 1.54) is 0 Å². The number of para-hydroxylation sites is 1. The number of carbonyl (C=O) groups excluding carboxylic acids is 1. The van der Waals surface area contributed by atoms with Crippen molar-refractivity contribution in [1.82, 2.24) is 10.6 Å². The van der Waals surface area contributed by atoms with E-state index >= 15 is 0 Å². The third kappa shape index (κ3) is 6.01. The summed E-state index contributed by atoms with van der Waals surface area (Å²) in [5, 5.41) is 6.17. The Hall–Kier alpha value is -2.40. The molecule has 0 aliphatic carbocycles. The zero-order valence-corrected chi connectivity index (χ0v) is 14.3. The van der Waals surface area contributed by atoms with Crippen molar-refractivity contribution in [2.24, 2.45) is 0 Å². The monoisotopic (exact) mass is 348 g/mol. The van der Waals surface area contributed by atoms with Gasteiger partial charge in [-0.3, -0.25) is 0 Å². The molecule has 6 heteroatoms. The van der Waals surface area contributed by atoms with Crippen molar-refractivity contribution in [3.63, 3.8) is 0 Å². The first-order chi connectivity index (χ1) is 11.7. The van der Waals surface area contributed by atoms with Crippen LogP contribution in [-0.2, 0) is 6.42 Å². The van der Waals surface area contributed by atoms with Crippen LogP contribution in [0.25, 0.3) is 0 Å². The van der Waals surface area contributed by atoms with Crippen molar-refractivity contribution in [1.29, 1.82) is 0 Å². The third-order valence-electron chi connectivity index (χ3n) is 3.32. The number of carbonyl (C=O) groups is 1. The van der Waals surface area contributed by atoms with Crippen LogP contribution in [0, 0.1) is 0 Å². The van der Waals surface area contributed by atoms with Gasteiger partial charge < -0.3 is 20.1 Å². The van der Waals surface area contributed by atoms with Gasteiger partial charge in [-0.2, -0.15) is 0 Å². The Morgan fingerprint density at radius 1 is 1.08 bits per heavy atom. The van der Waals surface area contributed by atoms with E-state index in [2.05, 4.69) is 10.6 Å². The Bertz CT molecular complexity index is 664. The summed E-state index contributed by atoms with van der Waals surface area (Å²) in [6, 6.07) is 14.7. The minimum Gasteiger partial charge on any atom is -0.496 e. The number of rotatable bonds is 8. The number of ether oxygens (including phenoxy) is 2. The molecular weight excluding hydrogens is 328 g/mol. The molecule has 128 valence electrons. The van der Waals surface area contributed by atoms with Crippen LogP contribution >= 0.6 is 11.6 Å².